The maximum absolute atomic E-state index is 13.1. The number of hydrogen-bond acceptors (Lipinski definition) is 1. The highest BCUT2D eigenvalue weighted by molar-refractivity contribution is 6.30. The van der Waals surface area contributed by atoms with Gasteiger partial charge in [-0.05, 0) is 73.2 Å². The molecular weight excluding hydrogens is 403 g/mol. The highest BCUT2D eigenvalue weighted by Crippen LogP contribution is 2.24. The van der Waals surface area contributed by atoms with Crippen LogP contribution in [0.25, 0.3) is 12.2 Å². The second-order valence-electron chi connectivity index (χ2n) is 7.47. The van der Waals surface area contributed by atoms with E-state index in [1.165, 1.54) is 6.42 Å². The lowest BCUT2D eigenvalue weighted by atomic mass is 9.91. The zero-order valence-electron chi connectivity index (χ0n) is 16.0. The van der Waals surface area contributed by atoms with Crippen LogP contribution >= 0.6 is 23.2 Å². The van der Waals surface area contributed by atoms with E-state index in [2.05, 4.69) is 4.99 Å². The van der Waals surface area contributed by atoms with E-state index in [0.717, 1.165) is 36.2 Å². The Hall–Kier alpha value is -2.36. The topological polar surface area (TPSA) is 34.3 Å². The third-order valence-electron chi connectivity index (χ3n) is 5.48. The first-order valence-electron chi connectivity index (χ1n) is 9.94. The quantitative estimate of drug-likeness (QED) is 0.725. The van der Waals surface area contributed by atoms with E-state index >= 15 is 0 Å². The number of hydrogen-bond donors (Lipinski definition) is 1. The fraction of sp³-hybridized carbons (Fsp3) is 0.250. The van der Waals surface area contributed by atoms with Crippen molar-refractivity contribution in [1.82, 2.24) is 4.90 Å². The van der Waals surface area contributed by atoms with E-state index < -0.39 is 0 Å². The van der Waals surface area contributed by atoms with Gasteiger partial charge in [0.25, 0.3) is 5.84 Å². The van der Waals surface area contributed by atoms with Crippen LogP contribution in [0.15, 0.2) is 60.7 Å². The predicted octanol–water partition coefficient (Wildman–Crippen LogP) is 4.35. The van der Waals surface area contributed by atoms with Gasteiger partial charge in [-0.25, -0.2) is 4.79 Å². The first kappa shape index (κ1) is 19.9. The number of nitrogens with one attached hydrogen (secondary N) is 1. The molecule has 3 nitrogen and oxygen atoms in total. The molecule has 0 saturated heterocycles. The summed E-state index contributed by atoms with van der Waals surface area (Å²) in [6.07, 6.45) is 12.0. The van der Waals surface area contributed by atoms with Crippen molar-refractivity contribution < 1.29 is 9.79 Å². The number of halogens is 2. The first-order chi connectivity index (χ1) is 14.1. The number of benzene rings is 2. The summed E-state index contributed by atoms with van der Waals surface area (Å²) in [5.41, 5.74) is 2.00. The van der Waals surface area contributed by atoms with Crippen molar-refractivity contribution in [2.75, 3.05) is 0 Å². The number of rotatable bonds is 4. The van der Waals surface area contributed by atoms with E-state index in [4.69, 9.17) is 23.2 Å². The van der Waals surface area contributed by atoms with Gasteiger partial charge in [0.1, 0.15) is 12.1 Å². The number of amides is 1. The highest BCUT2D eigenvalue weighted by atomic mass is 35.5. The van der Waals surface area contributed by atoms with Crippen LogP contribution in [0.3, 0.4) is 0 Å². The highest BCUT2D eigenvalue weighted by Gasteiger charge is 2.46. The van der Waals surface area contributed by atoms with Crippen molar-refractivity contribution >= 4 is 47.1 Å². The van der Waals surface area contributed by atoms with Gasteiger partial charge in [0.2, 0.25) is 0 Å². The molecule has 1 heterocycles. The molecule has 2 aromatic rings. The number of fused-ring (bicyclic) bond motifs is 1. The molecule has 29 heavy (non-hydrogen) atoms. The van der Waals surface area contributed by atoms with Gasteiger partial charge in [-0.3, -0.25) is 4.99 Å². The molecule has 1 N–H and O–H groups in total. The average Bonchev–Trinajstić information content (AvgIpc) is 3.11. The molecule has 1 fully saturated rings. The molecule has 5 heteroatoms. The van der Waals surface area contributed by atoms with Gasteiger partial charge in [-0.2, -0.15) is 4.90 Å². The summed E-state index contributed by atoms with van der Waals surface area (Å²) >= 11 is 11.9. The molecule has 148 valence electrons. The third kappa shape index (κ3) is 4.80. The normalized spacial score (nSPS) is 21.6. The van der Waals surface area contributed by atoms with E-state index in [1.54, 1.807) is 6.08 Å². The maximum atomic E-state index is 13.1. The minimum atomic E-state index is -0.00222. The second-order valence-corrected chi connectivity index (χ2v) is 8.34. The third-order valence-corrected chi connectivity index (χ3v) is 5.99. The summed E-state index contributed by atoms with van der Waals surface area (Å²) in [6.45, 7) is 0. The van der Waals surface area contributed by atoms with Crippen LogP contribution in [0, 0.1) is 0 Å². The van der Waals surface area contributed by atoms with Crippen LogP contribution in [-0.2, 0) is 4.79 Å². The first-order valence-corrected chi connectivity index (χ1v) is 10.7. The zero-order chi connectivity index (χ0) is 20.2. The Morgan fingerprint density at radius 2 is 1.45 bits per heavy atom. The van der Waals surface area contributed by atoms with Gasteiger partial charge in [0, 0.05) is 22.2 Å². The van der Waals surface area contributed by atoms with Crippen molar-refractivity contribution in [1.29, 1.82) is 0 Å². The summed E-state index contributed by atoms with van der Waals surface area (Å²) in [4.78, 5) is 18.6. The van der Waals surface area contributed by atoms with Crippen molar-refractivity contribution in [2.45, 2.75) is 37.8 Å². The second kappa shape index (κ2) is 8.98. The molecule has 2 aliphatic rings. The lowest BCUT2D eigenvalue weighted by Crippen LogP contribution is -2.78. The monoisotopic (exact) mass is 425 g/mol. The van der Waals surface area contributed by atoms with E-state index in [1.807, 2.05) is 71.7 Å². The number of carbonyl (C=O) groups excluding carboxylic acids is 1. The molecule has 1 saturated carbocycles. The molecule has 4 rings (SSSR count). The van der Waals surface area contributed by atoms with Gasteiger partial charge in [0.05, 0.1) is 0 Å². The van der Waals surface area contributed by atoms with E-state index in [0.29, 0.717) is 16.1 Å². The van der Waals surface area contributed by atoms with E-state index in [9.17, 15) is 4.79 Å². The van der Waals surface area contributed by atoms with Gasteiger partial charge in [0.15, 0.2) is 0 Å². The lowest BCUT2D eigenvalue weighted by Gasteiger charge is -2.24. The molecule has 0 unspecified atom stereocenters. The Morgan fingerprint density at radius 1 is 0.862 bits per heavy atom. The Kier molecular flexibility index (Phi) is 6.17. The Morgan fingerprint density at radius 3 is 2.10 bits per heavy atom. The van der Waals surface area contributed by atoms with Crippen LogP contribution in [0.2, 0.25) is 10.0 Å². The average molecular weight is 426 g/mol. The minimum absolute atomic E-state index is 0.00222. The SMILES string of the molecule is O=C(/C=C/c1ccc(Cl)cc1)N1C(/C=C/c2ccc(Cl)cc2)=[NH+][C@H]2CCCC[C@@H]21. The van der Waals surface area contributed by atoms with E-state index in [-0.39, 0.29) is 11.9 Å². The number of nitrogens with zero attached hydrogens (tertiary/aromatic N) is 1. The van der Waals surface area contributed by atoms with Crippen molar-refractivity contribution in [3.8, 4) is 0 Å². The molecule has 1 aliphatic heterocycles. The smallest absolute Gasteiger partial charge is 0.267 e. The number of carbonyl (C=O) groups is 1. The molecule has 1 aliphatic carbocycles. The molecule has 0 spiro atoms. The minimum Gasteiger partial charge on any atom is -0.267 e. The van der Waals surface area contributed by atoms with Gasteiger partial charge in [-0.15, -0.1) is 0 Å². The van der Waals surface area contributed by atoms with Gasteiger partial charge < -0.3 is 0 Å². The predicted molar refractivity (Wildman–Crippen MR) is 120 cm³/mol. The van der Waals surface area contributed by atoms with Crippen LogP contribution in [0.5, 0.6) is 0 Å². The van der Waals surface area contributed by atoms with Crippen LogP contribution in [0.1, 0.15) is 36.8 Å². The van der Waals surface area contributed by atoms with Crippen molar-refractivity contribution in [2.24, 2.45) is 0 Å². The van der Waals surface area contributed by atoms with Crippen LogP contribution < -0.4 is 4.99 Å². The molecule has 0 bridgehead atoms. The summed E-state index contributed by atoms with van der Waals surface area (Å²) in [5, 5.41) is 1.40. The van der Waals surface area contributed by atoms with Crippen molar-refractivity contribution in [3.63, 3.8) is 0 Å². The van der Waals surface area contributed by atoms with Gasteiger partial charge >= 0.3 is 5.91 Å². The Balaban J connectivity index is 1.55. The summed E-state index contributed by atoms with van der Waals surface area (Å²) in [5.74, 6) is 0.861. The molecule has 0 radical (unpaired) electrons. The summed E-state index contributed by atoms with van der Waals surface area (Å²) < 4.78 is 0. The fourth-order valence-corrected chi connectivity index (χ4v) is 4.26. The van der Waals surface area contributed by atoms with Crippen LogP contribution in [0.4, 0.5) is 0 Å². The Labute approximate surface area is 181 Å². The Bertz CT molecular complexity index is 961. The van der Waals surface area contributed by atoms with Gasteiger partial charge in [-0.1, -0.05) is 47.5 Å². The zero-order valence-corrected chi connectivity index (χ0v) is 17.5. The molecule has 2 aromatic carbocycles. The summed E-state index contributed by atoms with van der Waals surface area (Å²) in [7, 11) is 0. The standard InChI is InChI=1S/C24H22Cl2N2O/c25-19-11-5-17(6-12-19)9-15-23-27-21-3-1-2-4-22(21)28(23)24(29)16-10-18-7-13-20(26)14-8-18/h5-16,21-22H,1-4H2/p+1/b15-9+,16-10+/t21-,22-/m0/s1. The lowest BCUT2D eigenvalue weighted by molar-refractivity contribution is -0.498. The number of amidine groups is 1. The largest absolute Gasteiger partial charge is 0.334 e. The molecular formula is C24H23Cl2N2O+. The fourth-order valence-electron chi connectivity index (χ4n) is 4.01. The summed E-state index contributed by atoms with van der Waals surface area (Å²) in [6, 6.07) is 15.7. The molecule has 1 amide bonds. The van der Waals surface area contributed by atoms with Crippen LogP contribution in [-0.4, -0.2) is 28.7 Å². The molecule has 0 aromatic heterocycles. The maximum Gasteiger partial charge on any atom is 0.334 e. The van der Waals surface area contributed by atoms with Crippen molar-refractivity contribution in [3.05, 3.63) is 81.9 Å². The molecule has 2 atom stereocenters.